The largest absolute Gasteiger partial charge is 0.310 e. The van der Waals surface area contributed by atoms with E-state index in [1.165, 1.54) is 17.4 Å². The molecule has 0 spiro atoms. The molecule has 0 amide bonds. The van der Waals surface area contributed by atoms with Crippen molar-refractivity contribution in [3.05, 3.63) is 34.6 Å². The molecule has 0 unspecified atom stereocenters. The molecule has 18 heavy (non-hydrogen) atoms. The molecule has 0 saturated heterocycles. The standard InChI is InChI=1S/C13H16FN3S/c1-3-6-15-8-12-16-17-13(18-12)10-5-4-9(2)7-11(10)14/h4-5,7,15H,3,6,8H2,1-2H3. The van der Waals surface area contributed by atoms with Gasteiger partial charge in [0.15, 0.2) is 5.01 Å². The summed E-state index contributed by atoms with van der Waals surface area (Å²) in [5, 5.41) is 12.9. The average molecular weight is 265 g/mol. The van der Waals surface area contributed by atoms with Crippen LogP contribution in [0, 0.1) is 12.7 Å². The summed E-state index contributed by atoms with van der Waals surface area (Å²) in [6.07, 6.45) is 1.08. The zero-order valence-electron chi connectivity index (χ0n) is 10.5. The molecule has 1 aromatic heterocycles. The predicted octanol–water partition coefficient (Wildman–Crippen LogP) is 3.15. The third kappa shape index (κ3) is 3.11. The van der Waals surface area contributed by atoms with Gasteiger partial charge in [0.05, 0.1) is 0 Å². The first-order valence-electron chi connectivity index (χ1n) is 6.00. The Morgan fingerprint density at radius 1 is 1.33 bits per heavy atom. The van der Waals surface area contributed by atoms with E-state index in [-0.39, 0.29) is 5.82 Å². The second-order valence-corrected chi connectivity index (χ2v) is 5.22. The maximum atomic E-state index is 13.8. The lowest BCUT2D eigenvalue weighted by Crippen LogP contribution is -2.13. The summed E-state index contributed by atoms with van der Waals surface area (Å²) in [6.45, 7) is 5.63. The first-order chi connectivity index (χ1) is 8.70. The van der Waals surface area contributed by atoms with Crippen LogP contribution >= 0.6 is 11.3 Å². The fraction of sp³-hybridized carbons (Fsp3) is 0.385. The molecule has 1 heterocycles. The van der Waals surface area contributed by atoms with Crippen molar-refractivity contribution in [3.8, 4) is 10.6 Å². The monoisotopic (exact) mass is 265 g/mol. The van der Waals surface area contributed by atoms with Gasteiger partial charge < -0.3 is 5.32 Å². The maximum absolute atomic E-state index is 13.8. The molecule has 1 aromatic carbocycles. The Morgan fingerprint density at radius 2 is 2.17 bits per heavy atom. The molecular formula is C13H16FN3S. The first-order valence-corrected chi connectivity index (χ1v) is 6.82. The second kappa shape index (κ2) is 6.02. The van der Waals surface area contributed by atoms with E-state index >= 15 is 0 Å². The predicted molar refractivity (Wildman–Crippen MR) is 72.0 cm³/mol. The summed E-state index contributed by atoms with van der Waals surface area (Å²) in [7, 11) is 0. The lowest BCUT2D eigenvalue weighted by Gasteiger charge is -1.99. The molecule has 0 aliphatic heterocycles. The van der Waals surface area contributed by atoms with Crippen molar-refractivity contribution in [2.24, 2.45) is 0 Å². The zero-order valence-corrected chi connectivity index (χ0v) is 11.4. The highest BCUT2D eigenvalue weighted by atomic mass is 32.1. The van der Waals surface area contributed by atoms with Gasteiger partial charge in [-0.3, -0.25) is 0 Å². The van der Waals surface area contributed by atoms with Crippen LogP contribution in [0.2, 0.25) is 0 Å². The van der Waals surface area contributed by atoms with Crippen molar-refractivity contribution >= 4 is 11.3 Å². The third-order valence-corrected chi connectivity index (χ3v) is 3.48. The topological polar surface area (TPSA) is 37.8 Å². The minimum absolute atomic E-state index is 0.237. The molecule has 0 atom stereocenters. The number of nitrogens with zero attached hydrogens (tertiary/aromatic N) is 2. The normalized spacial score (nSPS) is 10.8. The second-order valence-electron chi connectivity index (χ2n) is 4.16. The molecule has 2 aromatic rings. The molecule has 3 nitrogen and oxygen atoms in total. The molecule has 0 saturated carbocycles. The van der Waals surface area contributed by atoms with Crippen molar-refractivity contribution < 1.29 is 4.39 Å². The van der Waals surface area contributed by atoms with Gasteiger partial charge in [0.25, 0.3) is 0 Å². The van der Waals surface area contributed by atoms with Crippen molar-refractivity contribution in [2.75, 3.05) is 6.54 Å². The van der Waals surface area contributed by atoms with Gasteiger partial charge in [0, 0.05) is 12.1 Å². The number of aromatic nitrogens is 2. The van der Waals surface area contributed by atoms with Crippen molar-refractivity contribution in [2.45, 2.75) is 26.8 Å². The summed E-state index contributed by atoms with van der Waals surface area (Å²) in [6, 6.07) is 5.16. The Balaban J connectivity index is 2.13. The molecule has 0 aliphatic carbocycles. The van der Waals surface area contributed by atoms with Gasteiger partial charge in [-0.2, -0.15) is 0 Å². The smallest absolute Gasteiger partial charge is 0.150 e. The van der Waals surface area contributed by atoms with Crippen LogP contribution in [0.3, 0.4) is 0 Å². The highest BCUT2D eigenvalue weighted by molar-refractivity contribution is 7.14. The first kappa shape index (κ1) is 13.1. The van der Waals surface area contributed by atoms with Crippen molar-refractivity contribution in [1.82, 2.24) is 15.5 Å². The number of hydrogen-bond acceptors (Lipinski definition) is 4. The molecule has 5 heteroatoms. The fourth-order valence-electron chi connectivity index (χ4n) is 1.60. The minimum Gasteiger partial charge on any atom is -0.310 e. The van der Waals surface area contributed by atoms with Crippen LogP contribution in [0.4, 0.5) is 4.39 Å². The lowest BCUT2D eigenvalue weighted by atomic mass is 10.1. The number of nitrogens with one attached hydrogen (secondary N) is 1. The Labute approximate surface area is 110 Å². The Morgan fingerprint density at radius 3 is 2.89 bits per heavy atom. The van der Waals surface area contributed by atoms with Gasteiger partial charge in [-0.15, -0.1) is 10.2 Å². The summed E-state index contributed by atoms with van der Waals surface area (Å²) in [5.74, 6) is -0.237. The van der Waals surface area contributed by atoms with Gasteiger partial charge in [-0.05, 0) is 37.6 Å². The van der Waals surface area contributed by atoms with Gasteiger partial charge in [-0.1, -0.05) is 24.3 Å². The number of benzene rings is 1. The Bertz CT molecular complexity index is 525. The number of aryl methyl sites for hydroxylation is 1. The minimum atomic E-state index is -0.237. The summed E-state index contributed by atoms with van der Waals surface area (Å²) in [4.78, 5) is 0. The van der Waals surface area contributed by atoms with Gasteiger partial charge in [0.1, 0.15) is 10.8 Å². The van der Waals surface area contributed by atoms with Crippen LogP contribution in [-0.4, -0.2) is 16.7 Å². The van der Waals surface area contributed by atoms with Gasteiger partial charge in [0.2, 0.25) is 0 Å². The van der Waals surface area contributed by atoms with E-state index in [2.05, 4.69) is 22.4 Å². The van der Waals surface area contributed by atoms with Crippen LogP contribution in [0.1, 0.15) is 23.9 Å². The van der Waals surface area contributed by atoms with E-state index in [0.29, 0.717) is 17.1 Å². The quantitative estimate of drug-likeness (QED) is 0.844. The summed E-state index contributed by atoms with van der Waals surface area (Å²) < 4.78 is 13.8. The zero-order chi connectivity index (χ0) is 13.0. The van der Waals surface area contributed by atoms with E-state index in [0.717, 1.165) is 23.5 Å². The number of rotatable bonds is 5. The molecular weight excluding hydrogens is 249 g/mol. The number of halogens is 1. The highest BCUT2D eigenvalue weighted by Gasteiger charge is 2.10. The van der Waals surface area contributed by atoms with Crippen molar-refractivity contribution in [1.29, 1.82) is 0 Å². The molecule has 0 radical (unpaired) electrons. The third-order valence-electron chi connectivity index (χ3n) is 2.52. The Hall–Kier alpha value is -1.33. The molecule has 0 aliphatic rings. The molecule has 2 rings (SSSR count). The van der Waals surface area contributed by atoms with E-state index < -0.39 is 0 Å². The van der Waals surface area contributed by atoms with Gasteiger partial charge in [-0.25, -0.2) is 4.39 Å². The SMILES string of the molecule is CCCNCc1nnc(-c2ccc(C)cc2F)s1. The number of hydrogen-bond donors (Lipinski definition) is 1. The lowest BCUT2D eigenvalue weighted by molar-refractivity contribution is 0.629. The van der Waals surface area contributed by atoms with E-state index in [9.17, 15) is 4.39 Å². The van der Waals surface area contributed by atoms with Gasteiger partial charge >= 0.3 is 0 Å². The van der Waals surface area contributed by atoms with E-state index in [1.807, 2.05) is 13.0 Å². The summed E-state index contributed by atoms with van der Waals surface area (Å²) >= 11 is 1.43. The molecule has 0 fully saturated rings. The average Bonchev–Trinajstić information content (AvgIpc) is 2.78. The van der Waals surface area contributed by atoms with Crippen molar-refractivity contribution in [3.63, 3.8) is 0 Å². The van der Waals surface area contributed by atoms with Crippen LogP contribution in [-0.2, 0) is 6.54 Å². The van der Waals surface area contributed by atoms with Crippen LogP contribution in [0.15, 0.2) is 18.2 Å². The molecule has 96 valence electrons. The van der Waals surface area contributed by atoms with Crippen LogP contribution in [0.25, 0.3) is 10.6 Å². The molecule has 1 N–H and O–H groups in total. The summed E-state index contributed by atoms with van der Waals surface area (Å²) in [5.41, 5.74) is 1.44. The van der Waals surface area contributed by atoms with E-state index in [4.69, 9.17) is 0 Å². The maximum Gasteiger partial charge on any atom is 0.150 e. The Kier molecular flexibility index (Phi) is 4.38. The fourth-order valence-corrected chi connectivity index (χ4v) is 2.44. The molecule has 0 bridgehead atoms. The van der Waals surface area contributed by atoms with E-state index in [1.54, 1.807) is 6.07 Å². The van der Waals surface area contributed by atoms with Crippen LogP contribution in [0.5, 0.6) is 0 Å². The van der Waals surface area contributed by atoms with Crippen LogP contribution < -0.4 is 5.32 Å². The highest BCUT2D eigenvalue weighted by Crippen LogP contribution is 2.26.